The van der Waals surface area contributed by atoms with E-state index >= 15 is 0 Å². The molecule has 0 bridgehead atoms. The first kappa shape index (κ1) is 19.8. The van der Waals surface area contributed by atoms with Crippen LogP contribution >= 0.6 is 23.1 Å². The Morgan fingerprint density at radius 2 is 2.13 bits per heavy atom. The Kier molecular flexibility index (Phi) is 5.59. The van der Waals surface area contributed by atoms with Crippen molar-refractivity contribution in [2.24, 2.45) is 9.98 Å². The van der Waals surface area contributed by atoms with Crippen molar-refractivity contribution in [3.63, 3.8) is 0 Å². The fourth-order valence-corrected chi connectivity index (χ4v) is 3.75. The number of hydrogen-bond acceptors (Lipinski definition) is 8. The van der Waals surface area contributed by atoms with E-state index < -0.39 is 17.6 Å². The van der Waals surface area contributed by atoms with Crippen molar-refractivity contribution < 1.29 is 23.9 Å². The maximum Gasteiger partial charge on any atom is 0.287 e. The van der Waals surface area contributed by atoms with Gasteiger partial charge in [-0.2, -0.15) is 4.99 Å². The minimum atomic E-state index is -0.724. The van der Waals surface area contributed by atoms with Crippen LogP contribution in [0.4, 0.5) is 5.69 Å². The van der Waals surface area contributed by atoms with Crippen molar-refractivity contribution in [3.05, 3.63) is 40.6 Å². The Hall–Kier alpha value is -3.51. The van der Waals surface area contributed by atoms with Gasteiger partial charge >= 0.3 is 0 Å². The van der Waals surface area contributed by atoms with Crippen molar-refractivity contribution in [1.29, 1.82) is 5.41 Å². The molecule has 0 saturated carbocycles. The molecule has 0 spiro atoms. The average molecular weight is 443 g/mol. The molecule has 0 fully saturated rings. The standard InChI is InChI=1S/C18H13N5O5S2/c19-15-14(21-16(25)12-2-1-5-29-12)17(26)23-18(22-15)30-7-13(24)20-9-3-4-10-11(6-9)28-8-27-10/h1-6H,7-8H2,(H,20,24)(H2,19,22,23,26). The van der Waals surface area contributed by atoms with Crippen LogP contribution in [0, 0.1) is 5.41 Å². The number of nitrogens with one attached hydrogen (secondary N) is 3. The van der Waals surface area contributed by atoms with Gasteiger partial charge in [-0.1, -0.05) is 17.8 Å². The third kappa shape index (κ3) is 4.39. The fourth-order valence-electron chi connectivity index (χ4n) is 2.48. The molecule has 12 heteroatoms. The van der Waals surface area contributed by atoms with Crippen molar-refractivity contribution in [1.82, 2.24) is 5.32 Å². The van der Waals surface area contributed by atoms with Crippen molar-refractivity contribution in [2.45, 2.75) is 0 Å². The normalized spacial score (nSPS) is 16.3. The van der Waals surface area contributed by atoms with Gasteiger partial charge in [-0.15, -0.1) is 11.3 Å². The molecule has 0 unspecified atom stereocenters. The molecule has 3 amide bonds. The highest BCUT2D eigenvalue weighted by Crippen LogP contribution is 2.34. The largest absolute Gasteiger partial charge is 0.454 e. The molecular formula is C18H13N5O5S2. The quantitative estimate of drug-likeness (QED) is 0.659. The van der Waals surface area contributed by atoms with E-state index in [2.05, 4.69) is 20.6 Å². The predicted octanol–water partition coefficient (Wildman–Crippen LogP) is 1.89. The third-order valence-corrected chi connectivity index (χ3v) is 5.55. The number of ether oxygens (including phenoxy) is 2. The summed E-state index contributed by atoms with van der Waals surface area (Å²) in [6.07, 6.45) is 0. The Morgan fingerprint density at radius 1 is 1.30 bits per heavy atom. The monoisotopic (exact) mass is 443 g/mol. The van der Waals surface area contributed by atoms with Crippen LogP contribution < -0.4 is 20.1 Å². The maximum atomic E-state index is 12.2. The number of aliphatic imine (C=N–C) groups is 2. The van der Waals surface area contributed by atoms with E-state index in [-0.39, 0.29) is 29.3 Å². The zero-order valence-corrected chi connectivity index (χ0v) is 16.8. The molecule has 10 nitrogen and oxygen atoms in total. The lowest BCUT2D eigenvalue weighted by Crippen LogP contribution is -2.43. The summed E-state index contributed by atoms with van der Waals surface area (Å²) in [7, 11) is 0. The number of hydrogen-bond donors (Lipinski definition) is 3. The van der Waals surface area contributed by atoms with Gasteiger partial charge in [0.2, 0.25) is 12.7 Å². The molecule has 152 valence electrons. The van der Waals surface area contributed by atoms with E-state index in [1.807, 2.05) is 0 Å². The summed E-state index contributed by atoms with van der Waals surface area (Å²) in [5.41, 5.74) is 0.163. The van der Waals surface area contributed by atoms with Gasteiger partial charge in [0.15, 0.2) is 28.2 Å². The molecule has 30 heavy (non-hydrogen) atoms. The van der Waals surface area contributed by atoms with Gasteiger partial charge in [0.25, 0.3) is 11.8 Å². The Labute approximate surface area is 177 Å². The lowest BCUT2D eigenvalue weighted by Gasteiger charge is -2.14. The number of carbonyl (C=O) groups excluding carboxylic acids is 3. The highest BCUT2D eigenvalue weighted by atomic mass is 32.2. The Morgan fingerprint density at radius 3 is 2.90 bits per heavy atom. The van der Waals surface area contributed by atoms with Gasteiger partial charge in [-0.25, -0.2) is 4.99 Å². The minimum absolute atomic E-state index is 0.0541. The first-order valence-electron chi connectivity index (χ1n) is 8.47. The summed E-state index contributed by atoms with van der Waals surface area (Å²) in [6, 6.07) is 8.28. The van der Waals surface area contributed by atoms with Gasteiger partial charge in [-0.3, -0.25) is 25.1 Å². The van der Waals surface area contributed by atoms with E-state index in [1.54, 1.807) is 35.7 Å². The lowest BCUT2D eigenvalue weighted by molar-refractivity contribution is -0.114. The SMILES string of the molecule is N=C1N=C(SCC(=O)Nc2ccc3c(c2)OCO3)NC(=O)C1=NC(=O)c1cccs1. The third-order valence-electron chi connectivity index (χ3n) is 3.81. The van der Waals surface area contributed by atoms with Gasteiger partial charge in [0, 0.05) is 11.8 Å². The number of thioether (sulfide) groups is 1. The summed E-state index contributed by atoms with van der Waals surface area (Å²) in [6.45, 7) is 0.137. The fraction of sp³-hybridized carbons (Fsp3) is 0.111. The van der Waals surface area contributed by atoms with Crippen LogP contribution in [0.15, 0.2) is 45.7 Å². The van der Waals surface area contributed by atoms with Crippen LogP contribution in [0.1, 0.15) is 9.67 Å². The summed E-state index contributed by atoms with van der Waals surface area (Å²) in [5, 5.41) is 14.8. The molecule has 2 aliphatic rings. The van der Waals surface area contributed by atoms with Crippen LogP contribution in [0.2, 0.25) is 0 Å². The second-order valence-corrected chi connectivity index (χ2v) is 7.78. The first-order valence-corrected chi connectivity index (χ1v) is 10.3. The molecular weight excluding hydrogens is 430 g/mol. The second-order valence-electron chi connectivity index (χ2n) is 5.87. The number of thiophene rings is 1. The molecule has 2 aromatic rings. The molecule has 3 N–H and O–H groups in total. The molecule has 0 radical (unpaired) electrons. The van der Waals surface area contributed by atoms with E-state index in [0.29, 0.717) is 22.1 Å². The zero-order chi connectivity index (χ0) is 21.1. The van der Waals surface area contributed by atoms with Gasteiger partial charge in [0.1, 0.15) is 0 Å². The number of rotatable bonds is 4. The number of nitrogens with zero attached hydrogens (tertiary/aromatic N) is 2. The predicted molar refractivity (Wildman–Crippen MR) is 113 cm³/mol. The van der Waals surface area contributed by atoms with Crippen LogP contribution in [-0.4, -0.2) is 47.0 Å². The number of amides is 3. The summed E-state index contributed by atoms with van der Waals surface area (Å²) in [5.74, 6) is -1.02. The molecule has 2 aliphatic heterocycles. The highest BCUT2D eigenvalue weighted by Gasteiger charge is 2.26. The average Bonchev–Trinajstić information content (AvgIpc) is 3.40. The molecule has 1 aromatic carbocycles. The zero-order valence-electron chi connectivity index (χ0n) is 15.1. The topological polar surface area (TPSA) is 142 Å². The van der Waals surface area contributed by atoms with Crippen LogP contribution in [-0.2, 0) is 9.59 Å². The maximum absolute atomic E-state index is 12.2. The first-order chi connectivity index (χ1) is 14.5. The van der Waals surface area contributed by atoms with Crippen molar-refractivity contribution >= 4 is 63.2 Å². The van der Waals surface area contributed by atoms with Crippen molar-refractivity contribution in [3.8, 4) is 11.5 Å². The summed E-state index contributed by atoms with van der Waals surface area (Å²) in [4.78, 5) is 44.4. The van der Waals surface area contributed by atoms with E-state index in [4.69, 9.17) is 14.9 Å². The Bertz CT molecular complexity index is 1110. The summed E-state index contributed by atoms with van der Waals surface area (Å²) >= 11 is 2.13. The van der Waals surface area contributed by atoms with E-state index in [0.717, 1.165) is 11.8 Å². The van der Waals surface area contributed by atoms with Crippen molar-refractivity contribution in [2.75, 3.05) is 17.9 Å². The number of anilines is 1. The van der Waals surface area contributed by atoms with Crippen LogP contribution in [0.25, 0.3) is 0 Å². The molecule has 1 aromatic heterocycles. The minimum Gasteiger partial charge on any atom is -0.454 e. The summed E-state index contributed by atoms with van der Waals surface area (Å²) < 4.78 is 10.5. The Balaban J connectivity index is 1.35. The van der Waals surface area contributed by atoms with E-state index in [9.17, 15) is 14.4 Å². The van der Waals surface area contributed by atoms with E-state index in [1.165, 1.54) is 11.3 Å². The number of amidine groups is 2. The molecule has 4 rings (SSSR count). The highest BCUT2D eigenvalue weighted by molar-refractivity contribution is 8.14. The molecule has 3 heterocycles. The molecule has 0 aliphatic carbocycles. The van der Waals surface area contributed by atoms with Crippen LogP contribution in [0.3, 0.4) is 0 Å². The second kappa shape index (κ2) is 8.47. The van der Waals surface area contributed by atoms with Crippen LogP contribution in [0.5, 0.6) is 11.5 Å². The molecule has 0 atom stereocenters. The van der Waals surface area contributed by atoms with Gasteiger partial charge < -0.3 is 14.8 Å². The number of carbonyl (C=O) groups is 3. The number of fused-ring (bicyclic) bond motifs is 1. The smallest absolute Gasteiger partial charge is 0.287 e. The number of benzene rings is 1. The van der Waals surface area contributed by atoms with Gasteiger partial charge in [0.05, 0.1) is 10.6 Å². The van der Waals surface area contributed by atoms with Gasteiger partial charge in [-0.05, 0) is 23.6 Å². The molecule has 0 saturated heterocycles. The lowest BCUT2D eigenvalue weighted by atomic mass is 10.3.